The largest absolute Gasteiger partial charge is 0.353 e. The Labute approximate surface area is 175 Å². The topological polar surface area (TPSA) is 73.2 Å². The molecule has 0 radical (unpaired) electrons. The zero-order chi connectivity index (χ0) is 20.2. The third-order valence-electron chi connectivity index (χ3n) is 5.42. The molecule has 0 unspecified atom stereocenters. The third kappa shape index (κ3) is 4.63. The van der Waals surface area contributed by atoms with E-state index in [9.17, 15) is 14.9 Å². The molecular weight excluding hydrogens is 382 g/mol. The van der Waals surface area contributed by atoms with Crippen molar-refractivity contribution in [2.24, 2.45) is 5.92 Å². The molecule has 2 amide bonds. The molecule has 4 rings (SSSR count). The number of hydrogen-bond donors (Lipinski definition) is 1. The molecule has 2 aliphatic rings. The number of carbonyl (C=O) groups excluding carboxylic acids is 2. The van der Waals surface area contributed by atoms with Crippen molar-refractivity contribution in [3.63, 3.8) is 0 Å². The first-order valence-corrected chi connectivity index (χ1v) is 10.8. The van der Waals surface area contributed by atoms with Crippen LogP contribution in [0.5, 0.6) is 0 Å². The minimum atomic E-state index is -0.0106. The molecule has 2 aromatic rings. The maximum absolute atomic E-state index is 13.2. The average molecular weight is 406 g/mol. The summed E-state index contributed by atoms with van der Waals surface area (Å²) in [7, 11) is 0. The standard InChI is InChI=1S/C23H23N3O2S/c24-15-17-5-1-3-7-20(17)29-21-8-4-2-6-19(21)23(28)26-13-11-16(12-14-26)22(27)25-18-9-10-18/h1-8,16,18H,9-14H2,(H,25,27). The Balaban J connectivity index is 1.44. The van der Waals surface area contributed by atoms with Gasteiger partial charge in [0, 0.05) is 34.8 Å². The second-order valence-corrected chi connectivity index (χ2v) is 8.64. The van der Waals surface area contributed by atoms with Gasteiger partial charge in [-0.15, -0.1) is 0 Å². The summed E-state index contributed by atoms with van der Waals surface area (Å²) in [6, 6.07) is 17.5. The maximum Gasteiger partial charge on any atom is 0.255 e. The van der Waals surface area contributed by atoms with Gasteiger partial charge in [-0.1, -0.05) is 36.0 Å². The molecule has 0 spiro atoms. The summed E-state index contributed by atoms with van der Waals surface area (Å²) in [4.78, 5) is 29.0. The van der Waals surface area contributed by atoms with Gasteiger partial charge < -0.3 is 10.2 Å². The van der Waals surface area contributed by atoms with Crippen LogP contribution in [0, 0.1) is 17.2 Å². The molecule has 1 heterocycles. The Morgan fingerprint density at radius 3 is 2.31 bits per heavy atom. The van der Waals surface area contributed by atoms with Gasteiger partial charge in [-0.3, -0.25) is 9.59 Å². The van der Waals surface area contributed by atoms with Crippen LogP contribution in [0.4, 0.5) is 0 Å². The van der Waals surface area contributed by atoms with Crippen molar-refractivity contribution in [2.75, 3.05) is 13.1 Å². The van der Waals surface area contributed by atoms with Crippen LogP contribution in [0.25, 0.3) is 0 Å². The molecule has 1 saturated carbocycles. The first-order chi connectivity index (χ1) is 14.2. The second-order valence-electron chi connectivity index (χ2n) is 7.56. The lowest BCUT2D eigenvalue weighted by molar-refractivity contribution is -0.126. The van der Waals surface area contributed by atoms with Crippen LogP contribution in [0.2, 0.25) is 0 Å². The summed E-state index contributed by atoms with van der Waals surface area (Å²) in [5.74, 6) is 0.138. The van der Waals surface area contributed by atoms with E-state index in [0.29, 0.717) is 43.1 Å². The number of carbonyl (C=O) groups is 2. The fourth-order valence-electron chi connectivity index (χ4n) is 3.56. The predicted octanol–water partition coefficient (Wildman–Crippen LogP) is 3.84. The Hall–Kier alpha value is -2.78. The smallest absolute Gasteiger partial charge is 0.255 e. The van der Waals surface area contributed by atoms with Crippen molar-refractivity contribution >= 4 is 23.6 Å². The fourth-order valence-corrected chi connectivity index (χ4v) is 4.58. The molecule has 0 atom stereocenters. The molecule has 1 aliphatic heterocycles. The Morgan fingerprint density at radius 2 is 1.62 bits per heavy atom. The van der Waals surface area contributed by atoms with Crippen LogP contribution in [0.15, 0.2) is 58.3 Å². The minimum Gasteiger partial charge on any atom is -0.353 e. The zero-order valence-corrected chi connectivity index (χ0v) is 17.0. The van der Waals surface area contributed by atoms with E-state index in [4.69, 9.17) is 0 Å². The number of benzene rings is 2. The van der Waals surface area contributed by atoms with Crippen LogP contribution in [-0.2, 0) is 4.79 Å². The van der Waals surface area contributed by atoms with Crippen molar-refractivity contribution in [1.29, 1.82) is 5.26 Å². The van der Waals surface area contributed by atoms with Crippen molar-refractivity contribution in [2.45, 2.75) is 41.5 Å². The van der Waals surface area contributed by atoms with Gasteiger partial charge in [-0.25, -0.2) is 0 Å². The van der Waals surface area contributed by atoms with Gasteiger partial charge >= 0.3 is 0 Å². The molecule has 1 N–H and O–H groups in total. The number of nitrogens with zero attached hydrogens (tertiary/aromatic N) is 2. The lowest BCUT2D eigenvalue weighted by atomic mass is 9.95. The van der Waals surface area contributed by atoms with E-state index in [2.05, 4.69) is 11.4 Å². The fraction of sp³-hybridized carbons (Fsp3) is 0.348. The summed E-state index contributed by atoms with van der Waals surface area (Å²) in [6.45, 7) is 1.19. The average Bonchev–Trinajstić information content (AvgIpc) is 3.58. The van der Waals surface area contributed by atoms with Crippen LogP contribution in [0.1, 0.15) is 41.6 Å². The van der Waals surface area contributed by atoms with Crippen molar-refractivity contribution < 1.29 is 9.59 Å². The minimum absolute atomic E-state index is 0.00627. The van der Waals surface area contributed by atoms with E-state index in [1.165, 1.54) is 11.8 Å². The highest BCUT2D eigenvalue weighted by molar-refractivity contribution is 7.99. The van der Waals surface area contributed by atoms with E-state index in [1.807, 2.05) is 47.4 Å². The van der Waals surface area contributed by atoms with Gasteiger partial charge in [0.2, 0.25) is 5.91 Å². The Kier molecular flexibility index (Phi) is 5.86. The molecule has 2 fully saturated rings. The monoisotopic (exact) mass is 405 g/mol. The summed E-state index contributed by atoms with van der Waals surface area (Å²) in [5, 5.41) is 12.4. The summed E-state index contributed by atoms with van der Waals surface area (Å²) in [5.41, 5.74) is 1.24. The van der Waals surface area contributed by atoms with Gasteiger partial charge in [0.25, 0.3) is 5.91 Å². The highest BCUT2D eigenvalue weighted by Crippen LogP contribution is 2.33. The zero-order valence-electron chi connectivity index (χ0n) is 16.1. The highest BCUT2D eigenvalue weighted by atomic mass is 32.2. The molecular formula is C23H23N3O2S. The lowest BCUT2D eigenvalue weighted by Gasteiger charge is -2.31. The molecule has 1 aliphatic carbocycles. The highest BCUT2D eigenvalue weighted by Gasteiger charge is 2.31. The maximum atomic E-state index is 13.2. The third-order valence-corrected chi connectivity index (χ3v) is 6.57. The quantitative estimate of drug-likeness (QED) is 0.820. The lowest BCUT2D eigenvalue weighted by Crippen LogP contribution is -2.43. The van der Waals surface area contributed by atoms with E-state index < -0.39 is 0 Å². The van der Waals surface area contributed by atoms with Crippen molar-refractivity contribution in [3.05, 3.63) is 59.7 Å². The van der Waals surface area contributed by atoms with E-state index in [1.54, 1.807) is 6.07 Å². The predicted molar refractivity (Wildman–Crippen MR) is 112 cm³/mol. The number of likely N-dealkylation sites (tertiary alicyclic amines) is 1. The number of nitrogens with one attached hydrogen (secondary N) is 1. The molecule has 1 saturated heterocycles. The molecule has 2 aromatic carbocycles. The number of rotatable bonds is 5. The SMILES string of the molecule is N#Cc1ccccc1Sc1ccccc1C(=O)N1CCC(C(=O)NC2CC2)CC1. The molecule has 29 heavy (non-hydrogen) atoms. The van der Waals surface area contributed by atoms with Gasteiger partial charge in [0.05, 0.1) is 11.1 Å². The summed E-state index contributed by atoms with van der Waals surface area (Å²) >= 11 is 1.44. The van der Waals surface area contributed by atoms with Crippen LogP contribution in [-0.4, -0.2) is 35.8 Å². The number of hydrogen-bond acceptors (Lipinski definition) is 4. The molecule has 148 valence electrons. The molecule has 0 bridgehead atoms. The normalized spacial score (nSPS) is 16.9. The van der Waals surface area contributed by atoms with E-state index in [-0.39, 0.29) is 17.7 Å². The van der Waals surface area contributed by atoms with Crippen molar-refractivity contribution in [3.8, 4) is 6.07 Å². The van der Waals surface area contributed by atoms with Crippen LogP contribution in [0.3, 0.4) is 0 Å². The van der Waals surface area contributed by atoms with Crippen LogP contribution >= 0.6 is 11.8 Å². The van der Waals surface area contributed by atoms with Gasteiger partial charge in [0.15, 0.2) is 0 Å². The molecule has 5 nitrogen and oxygen atoms in total. The Morgan fingerprint density at radius 1 is 0.966 bits per heavy atom. The van der Waals surface area contributed by atoms with E-state index in [0.717, 1.165) is 22.6 Å². The summed E-state index contributed by atoms with van der Waals surface area (Å²) in [6.07, 6.45) is 3.59. The van der Waals surface area contributed by atoms with Gasteiger partial charge in [-0.05, 0) is 49.9 Å². The molecule has 0 aromatic heterocycles. The van der Waals surface area contributed by atoms with Gasteiger partial charge in [0.1, 0.15) is 6.07 Å². The van der Waals surface area contributed by atoms with Crippen molar-refractivity contribution in [1.82, 2.24) is 10.2 Å². The first-order valence-electron chi connectivity index (χ1n) is 10.0. The van der Waals surface area contributed by atoms with E-state index >= 15 is 0 Å². The second kappa shape index (κ2) is 8.71. The number of piperidine rings is 1. The van der Waals surface area contributed by atoms with Crippen LogP contribution < -0.4 is 5.32 Å². The molecule has 6 heteroatoms. The number of nitriles is 1. The Bertz CT molecular complexity index is 957. The number of amides is 2. The first kappa shape index (κ1) is 19.5. The summed E-state index contributed by atoms with van der Waals surface area (Å²) < 4.78 is 0. The van der Waals surface area contributed by atoms with Gasteiger partial charge in [-0.2, -0.15) is 5.26 Å².